The summed E-state index contributed by atoms with van der Waals surface area (Å²) in [5.74, 6) is -3.02. The van der Waals surface area contributed by atoms with Crippen LogP contribution in [0.5, 0.6) is 0 Å². The molecule has 1 unspecified atom stereocenters. The molecule has 0 radical (unpaired) electrons. The fourth-order valence-corrected chi connectivity index (χ4v) is 3.57. The highest BCUT2D eigenvalue weighted by Gasteiger charge is 2.42. The summed E-state index contributed by atoms with van der Waals surface area (Å²) in [6.45, 7) is 4.83. The fraction of sp³-hybridized carbons (Fsp3) is 0.611. The maximum Gasteiger partial charge on any atom is 0.322 e. The van der Waals surface area contributed by atoms with Gasteiger partial charge in [-0.1, -0.05) is 18.2 Å². The van der Waals surface area contributed by atoms with Gasteiger partial charge in [-0.3, -0.25) is 0 Å². The van der Waals surface area contributed by atoms with E-state index in [0.29, 0.717) is 26.3 Å². The minimum Gasteiger partial charge on any atom is -0.381 e. The quantitative estimate of drug-likeness (QED) is 0.883. The molecule has 0 bridgehead atoms. The Balaban J connectivity index is 1.75. The second-order valence-electron chi connectivity index (χ2n) is 6.97. The Morgan fingerprint density at radius 3 is 2.68 bits per heavy atom. The first kappa shape index (κ1) is 18.1. The van der Waals surface area contributed by atoms with Gasteiger partial charge in [0.25, 0.3) is 5.92 Å². The minimum atomic E-state index is -3.02. The Labute approximate surface area is 146 Å². The number of urea groups is 1. The number of nitrogens with zero attached hydrogens (tertiary/aromatic N) is 1. The number of halogens is 2. The largest absolute Gasteiger partial charge is 0.381 e. The Morgan fingerprint density at radius 2 is 2.00 bits per heavy atom. The van der Waals surface area contributed by atoms with Crippen LogP contribution in [-0.2, 0) is 15.4 Å². The number of hydrogen-bond donors (Lipinski definition) is 1. The zero-order valence-electron chi connectivity index (χ0n) is 14.6. The number of ether oxygens (including phenoxy) is 2. The van der Waals surface area contributed by atoms with Gasteiger partial charge < -0.3 is 19.7 Å². The van der Waals surface area contributed by atoms with Gasteiger partial charge in [0.05, 0.1) is 23.9 Å². The Morgan fingerprint density at radius 1 is 1.32 bits per heavy atom. The van der Waals surface area contributed by atoms with Crippen LogP contribution in [0.2, 0.25) is 0 Å². The molecule has 1 aromatic carbocycles. The first-order valence-corrected chi connectivity index (χ1v) is 8.58. The predicted octanol–water partition coefficient (Wildman–Crippen LogP) is 3.60. The zero-order chi connectivity index (χ0) is 18.1. The third-order valence-electron chi connectivity index (χ3n) is 4.74. The molecule has 7 heteroatoms. The normalized spacial score (nSPS) is 23.5. The lowest BCUT2D eigenvalue weighted by atomic mass is 9.91. The van der Waals surface area contributed by atoms with Crippen LogP contribution < -0.4 is 5.32 Å². The van der Waals surface area contributed by atoms with Crippen molar-refractivity contribution in [3.63, 3.8) is 0 Å². The van der Waals surface area contributed by atoms with Crippen LogP contribution in [0.4, 0.5) is 19.3 Å². The second kappa shape index (κ2) is 6.88. The van der Waals surface area contributed by atoms with Crippen LogP contribution in [0.1, 0.15) is 32.3 Å². The van der Waals surface area contributed by atoms with Crippen LogP contribution >= 0.6 is 0 Å². The van der Waals surface area contributed by atoms with E-state index in [2.05, 4.69) is 5.32 Å². The number of alkyl halides is 2. The topological polar surface area (TPSA) is 50.8 Å². The number of anilines is 1. The van der Waals surface area contributed by atoms with E-state index in [1.165, 1.54) is 18.2 Å². The number of carbonyl (C=O) groups is 1. The van der Waals surface area contributed by atoms with Gasteiger partial charge in [-0.15, -0.1) is 0 Å². The molecule has 2 saturated heterocycles. The van der Waals surface area contributed by atoms with E-state index >= 15 is 0 Å². The summed E-state index contributed by atoms with van der Waals surface area (Å²) in [5.41, 5.74) is -0.452. The lowest BCUT2D eigenvalue weighted by Gasteiger charge is -2.47. The SMILES string of the molecule is CC1CN(C(=O)Nc2ccccc2C(C)(F)F)CC2(CCOCC2)O1. The average molecular weight is 354 g/mol. The minimum absolute atomic E-state index is 0.111. The first-order valence-electron chi connectivity index (χ1n) is 8.58. The summed E-state index contributed by atoms with van der Waals surface area (Å²) in [5, 5.41) is 2.65. The van der Waals surface area contributed by atoms with E-state index in [4.69, 9.17) is 9.47 Å². The van der Waals surface area contributed by atoms with Crippen LogP contribution in [0.25, 0.3) is 0 Å². The smallest absolute Gasteiger partial charge is 0.322 e. The molecule has 2 heterocycles. The molecule has 0 aromatic heterocycles. The van der Waals surface area contributed by atoms with Crippen molar-refractivity contribution in [2.24, 2.45) is 0 Å². The molecular weight excluding hydrogens is 330 g/mol. The Hall–Kier alpha value is -1.73. The lowest BCUT2D eigenvalue weighted by molar-refractivity contribution is -0.174. The standard InChI is InChI=1S/C18H24F2N2O3/c1-13-11-22(12-18(25-13)7-9-24-10-8-18)16(23)21-15-6-4-3-5-14(15)17(2,19)20/h3-6,13H,7-12H2,1-2H3,(H,21,23). The third-order valence-corrected chi connectivity index (χ3v) is 4.74. The van der Waals surface area contributed by atoms with Crippen molar-refractivity contribution in [2.75, 3.05) is 31.6 Å². The van der Waals surface area contributed by atoms with Crippen molar-refractivity contribution in [1.82, 2.24) is 4.90 Å². The van der Waals surface area contributed by atoms with E-state index in [9.17, 15) is 13.6 Å². The molecule has 1 aromatic rings. The predicted molar refractivity (Wildman–Crippen MR) is 89.9 cm³/mol. The summed E-state index contributed by atoms with van der Waals surface area (Å²) in [6.07, 6.45) is 1.34. The van der Waals surface area contributed by atoms with Gasteiger partial charge >= 0.3 is 6.03 Å². The van der Waals surface area contributed by atoms with Crippen LogP contribution in [0.3, 0.4) is 0 Å². The van der Waals surface area contributed by atoms with Gasteiger partial charge in [-0.05, 0) is 13.0 Å². The number of amides is 2. The molecule has 1 atom stereocenters. The van der Waals surface area contributed by atoms with Gasteiger partial charge in [0.1, 0.15) is 0 Å². The third kappa shape index (κ3) is 4.10. The molecule has 1 spiro atoms. The number of benzene rings is 1. The maximum atomic E-state index is 13.8. The molecule has 2 amide bonds. The number of morpholine rings is 1. The molecule has 2 aliphatic rings. The van der Waals surface area contributed by atoms with Gasteiger partial charge in [-0.2, -0.15) is 0 Å². The average Bonchev–Trinajstić information content (AvgIpc) is 2.54. The number of nitrogens with one attached hydrogen (secondary N) is 1. The summed E-state index contributed by atoms with van der Waals surface area (Å²) in [4.78, 5) is 14.4. The molecule has 1 N–H and O–H groups in total. The van der Waals surface area contributed by atoms with E-state index in [0.717, 1.165) is 19.8 Å². The highest BCUT2D eigenvalue weighted by Crippen LogP contribution is 2.34. The number of rotatable bonds is 2. The van der Waals surface area contributed by atoms with Crippen molar-refractivity contribution >= 4 is 11.7 Å². The molecule has 0 saturated carbocycles. The van der Waals surface area contributed by atoms with Gasteiger partial charge in [0.15, 0.2) is 0 Å². The van der Waals surface area contributed by atoms with Crippen LogP contribution in [0, 0.1) is 0 Å². The van der Waals surface area contributed by atoms with Crippen molar-refractivity contribution in [1.29, 1.82) is 0 Å². The second-order valence-corrected chi connectivity index (χ2v) is 6.97. The highest BCUT2D eigenvalue weighted by molar-refractivity contribution is 5.90. The molecular formula is C18H24F2N2O3. The molecule has 138 valence electrons. The van der Waals surface area contributed by atoms with Crippen LogP contribution in [-0.4, -0.2) is 48.9 Å². The van der Waals surface area contributed by atoms with Gasteiger partial charge in [-0.25, -0.2) is 13.6 Å². The summed E-state index contributed by atoms with van der Waals surface area (Å²) >= 11 is 0. The Bertz CT molecular complexity index is 627. The number of carbonyl (C=O) groups excluding carboxylic acids is 1. The Kier molecular flexibility index (Phi) is 4.97. The molecule has 5 nitrogen and oxygen atoms in total. The number of para-hydroxylation sites is 1. The highest BCUT2D eigenvalue weighted by atomic mass is 19.3. The van der Waals surface area contributed by atoms with Gasteiger partial charge in [0, 0.05) is 45.1 Å². The number of hydrogen-bond acceptors (Lipinski definition) is 3. The van der Waals surface area contributed by atoms with Crippen molar-refractivity contribution in [2.45, 2.75) is 44.3 Å². The summed E-state index contributed by atoms with van der Waals surface area (Å²) in [6, 6.07) is 5.62. The molecule has 25 heavy (non-hydrogen) atoms. The van der Waals surface area contributed by atoms with Crippen molar-refractivity contribution in [3.8, 4) is 0 Å². The zero-order valence-corrected chi connectivity index (χ0v) is 14.6. The first-order chi connectivity index (χ1) is 11.8. The molecule has 2 fully saturated rings. The van der Waals surface area contributed by atoms with Crippen LogP contribution in [0.15, 0.2) is 24.3 Å². The van der Waals surface area contributed by atoms with Gasteiger partial charge in [0.2, 0.25) is 0 Å². The summed E-state index contributed by atoms with van der Waals surface area (Å²) in [7, 11) is 0. The van der Waals surface area contributed by atoms with E-state index in [1.54, 1.807) is 11.0 Å². The van der Waals surface area contributed by atoms with Crippen molar-refractivity contribution < 1.29 is 23.0 Å². The fourth-order valence-electron chi connectivity index (χ4n) is 3.57. The maximum absolute atomic E-state index is 13.8. The van der Waals surface area contributed by atoms with E-state index in [1.807, 2.05) is 6.92 Å². The lowest BCUT2D eigenvalue weighted by Crippen LogP contribution is -2.59. The van der Waals surface area contributed by atoms with Crippen molar-refractivity contribution in [3.05, 3.63) is 29.8 Å². The monoisotopic (exact) mass is 354 g/mol. The molecule has 3 rings (SSSR count). The van der Waals surface area contributed by atoms with E-state index < -0.39 is 11.5 Å². The molecule has 2 aliphatic heterocycles. The summed E-state index contributed by atoms with van der Waals surface area (Å²) < 4.78 is 39.0. The van der Waals surface area contributed by atoms with E-state index in [-0.39, 0.29) is 23.4 Å². The molecule has 0 aliphatic carbocycles.